The monoisotopic (exact) mass is 304 g/mol. The van der Waals surface area contributed by atoms with E-state index in [4.69, 9.17) is 5.11 Å². The smallest absolute Gasteiger partial charge is 0.343 e. The molecule has 2 aromatic rings. The number of fused-ring (bicyclic) bond motifs is 1. The second-order valence-electron chi connectivity index (χ2n) is 5.30. The number of aromatic carboxylic acids is 1. The van der Waals surface area contributed by atoms with Crippen LogP contribution in [0.4, 0.5) is 0 Å². The van der Waals surface area contributed by atoms with Gasteiger partial charge in [-0.25, -0.2) is 9.78 Å². The predicted octanol–water partition coefficient (Wildman–Crippen LogP) is 2.77. The molecule has 0 aromatic carbocycles. The SMILES string of the molecule is Cc1nc(-c2cc3c(s2)CCCCC3)[nH]c(=O)c1C(=O)O. The highest BCUT2D eigenvalue weighted by Gasteiger charge is 2.18. The van der Waals surface area contributed by atoms with Crippen LogP contribution in [0.3, 0.4) is 0 Å². The summed E-state index contributed by atoms with van der Waals surface area (Å²) in [4.78, 5) is 32.1. The molecule has 0 radical (unpaired) electrons. The number of hydrogen-bond acceptors (Lipinski definition) is 4. The number of carboxylic acids is 1. The van der Waals surface area contributed by atoms with E-state index in [1.807, 2.05) is 0 Å². The molecule has 1 aliphatic carbocycles. The van der Waals surface area contributed by atoms with Crippen molar-refractivity contribution in [1.29, 1.82) is 0 Å². The quantitative estimate of drug-likeness (QED) is 0.836. The lowest BCUT2D eigenvalue weighted by Gasteiger charge is -2.02. The summed E-state index contributed by atoms with van der Waals surface area (Å²) >= 11 is 1.65. The lowest BCUT2D eigenvalue weighted by atomic mass is 10.1. The van der Waals surface area contributed by atoms with Gasteiger partial charge in [-0.05, 0) is 44.2 Å². The fourth-order valence-electron chi connectivity index (χ4n) is 2.74. The van der Waals surface area contributed by atoms with Gasteiger partial charge in [0.25, 0.3) is 5.56 Å². The summed E-state index contributed by atoms with van der Waals surface area (Å²) in [6.45, 7) is 1.56. The van der Waals surface area contributed by atoms with Crippen LogP contribution in [0.2, 0.25) is 0 Å². The Balaban J connectivity index is 2.05. The number of thiophene rings is 1. The van der Waals surface area contributed by atoms with Crippen molar-refractivity contribution in [2.24, 2.45) is 0 Å². The minimum absolute atomic E-state index is 0.254. The van der Waals surface area contributed by atoms with E-state index >= 15 is 0 Å². The van der Waals surface area contributed by atoms with Crippen LogP contribution in [0, 0.1) is 6.92 Å². The van der Waals surface area contributed by atoms with E-state index in [1.165, 1.54) is 29.7 Å². The number of nitrogens with zero attached hydrogens (tertiary/aromatic N) is 1. The molecule has 21 heavy (non-hydrogen) atoms. The van der Waals surface area contributed by atoms with Crippen LogP contribution in [0.25, 0.3) is 10.7 Å². The summed E-state index contributed by atoms with van der Waals surface area (Å²) in [7, 11) is 0. The van der Waals surface area contributed by atoms with Crippen molar-refractivity contribution in [2.45, 2.75) is 39.0 Å². The first kappa shape index (κ1) is 14.0. The van der Waals surface area contributed by atoms with Gasteiger partial charge < -0.3 is 10.1 Å². The van der Waals surface area contributed by atoms with Gasteiger partial charge in [-0.2, -0.15) is 0 Å². The number of carbonyl (C=O) groups is 1. The maximum absolute atomic E-state index is 11.9. The van der Waals surface area contributed by atoms with E-state index in [-0.39, 0.29) is 11.3 Å². The molecule has 1 aliphatic rings. The van der Waals surface area contributed by atoms with Crippen LogP contribution < -0.4 is 5.56 Å². The van der Waals surface area contributed by atoms with Crippen LogP contribution in [0.15, 0.2) is 10.9 Å². The highest BCUT2D eigenvalue weighted by Crippen LogP contribution is 2.33. The van der Waals surface area contributed by atoms with E-state index in [9.17, 15) is 9.59 Å². The summed E-state index contributed by atoms with van der Waals surface area (Å²) in [5.74, 6) is -0.768. The van der Waals surface area contributed by atoms with Crippen LogP contribution in [0.5, 0.6) is 0 Å². The lowest BCUT2D eigenvalue weighted by Crippen LogP contribution is -2.21. The molecule has 0 spiro atoms. The minimum Gasteiger partial charge on any atom is -0.477 e. The van der Waals surface area contributed by atoms with Gasteiger partial charge in [0.15, 0.2) is 5.82 Å². The molecule has 2 N–H and O–H groups in total. The molecule has 2 aromatic heterocycles. The molecule has 0 saturated heterocycles. The van der Waals surface area contributed by atoms with Crippen molar-refractivity contribution in [3.05, 3.63) is 38.1 Å². The molecule has 0 aliphatic heterocycles. The van der Waals surface area contributed by atoms with Gasteiger partial charge in [-0.1, -0.05) is 6.42 Å². The number of aryl methyl sites for hydroxylation is 3. The minimum atomic E-state index is -1.24. The summed E-state index contributed by atoms with van der Waals surface area (Å²) in [6.07, 6.45) is 5.81. The van der Waals surface area contributed by atoms with Crippen molar-refractivity contribution in [2.75, 3.05) is 0 Å². The van der Waals surface area contributed by atoms with Crippen LogP contribution >= 0.6 is 11.3 Å². The Kier molecular flexibility index (Phi) is 3.63. The first-order valence-corrected chi connectivity index (χ1v) is 7.84. The highest BCUT2D eigenvalue weighted by molar-refractivity contribution is 7.15. The third kappa shape index (κ3) is 2.63. The van der Waals surface area contributed by atoms with E-state index in [0.29, 0.717) is 5.82 Å². The lowest BCUT2D eigenvalue weighted by molar-refractivity contribution is 0.0693. The maximum atomic E-state index is 11.9. The summed E-state index contributed by atoms with van der Waals surface area (Å²) in [6, 6.07) is 2.09. The molecule has 110 valence electrons. The average molecular weight is 304 g/mol. The van der Waals surface area contributed by atoms with E-state index in [1.54, 1.807) is 18.3 Å². The molecule has 3 rings (SSSR count). The Hall–Kier alpha value is -1.95. The molecule has 2 heterocycles. The maximum Gasteiger partial charge on any atom is 0.343 e. The molecule has 5 nitrogen and oxygen atoms in total. The number of aromatic amines is 1. The second-order valence-corrected chi connectivity index (χ2v) is 6.44. The number of aromatic nitrogens is 2. The molecular formula is C15H16N2O3S. The fraction of sp³-hybridized carbons (Fsp3) is 0.400. The molecular weight excluding hydrogens is 288 g/mol. The number of nitrogens with one attached hydrogen (secondary N) is 1. The Morgan fingerprint density at radius 3 is 2.81 bits per heavy atom. The fourth-order valence-corrected chi connectivity index (χ4v) is 3.94. The van der Waals surface area contributed by atoms with E-state index in [0.717, 1.165) is 17.7 Å². The third-order valence-corrected chi connectivity index (χ3v) is 5.04. The van der Waals surface area contributed by atoms with Gasteiger partial charge in [0.2, 0.25) is 0 Å². The Labute approximate surface area is 125 Å². The van der Waals surface area contributed by atoms with Crippen molar-refractivity contribution < 1.29 is 9.90 Å². The first-order valence-electron chi connectivity index (χ1n) is 7.02. The van der Waals surface area contributed by atoms with E-state index < -0.39 is 11.5 Å². The van der Waals surface area contributed by atoms with Crippen molar-refractivity contribution in [1.82, 2.24) is 9.97 Å². The summed E-state index contributed by atoms with van der Waals surface area (Å²) in [5, 5.41) is 9.01. The third-order valence-electron chi connectivity index (χ3n) is 3.79. The van der Waals surface area contributed by atoms with Gasteiger partial charge in [0.05, 0.1) is 10.6 Å². The molecule has 0 fully saturated rings. The highest BCUT2D eigenvalue weighted by atomic mass is 32.1. The van der Waals surface area contributed by atoms with Gasteiger partial charge >= 0.3 is 5.97 Å². The second kappa shape index (κ2) is 5.44. The molecule has 0 amide bonds. The zero-order valence-corrected chi connectivity index (χ0v) is 12.5. The molecule has 6 heteroatoms. The van der Waals surface area contributed by atoms with Crippen molar-refractivity contribution in [3.8, 4) is 10.7 Å². The topological polar surface area (TPSA) is 83.0 Å². The Bertz CT molecular complexity index is 737. The molecule has 0 atom stereocenters. The Morgan fingerprint density at radius 2 is 2.10 bits per heavy atom. The molecule has 0 unspecified atom stereocenters. The standard InChI is InChI=1S/C15H16N2O3S/c1-8-12(15(19)20)14(18)17-13(16-8)11-7-9-5-3-2-4-6-10(9)21-11/h7H,2-6H2,1H3,(H,19,20)(H,16,17,18). The zero-order chi connectivity index (χ0) is 15.0. The van der Waals surface area contributed by atoms with Crippen molar-refractivity contribution in [3.63, 3.8) is 0 Å². The largest absolute Gasteiger partial charge is 0.477 e. The van der Waals surface area contributed by atoms with Crippen LogP contribution in [-0.4, -0.2) is 21.0 Å². The van der Waals surface area contributed by atoms with Crippen LogP contribution in [-0.2, 0) is 12.8 Å². The first-order chi connectivity index (χ1) is 10.1. The normalized spacial score (nSPS) is 14.5. The predicted molar refractivity (Wildman–Crippen MR) is 81.1 cm³/mol. The summed E-state index contributed by atoms with van der Waals surface area (Å²) < 4.78 is 0. The molecule has 0 saturated carbocycles. The van der Waals surface area contributed by atoms with E-state index in [2.05, 4.69) is 16.0 Å². The van der Waals surface area contributed by atoms with Crippen molar-refractivity contribution >= 4 is 17.3 Å². The van der Waals surface area contributed by atoms with Gasteiger partial charge in [-0.3, -0.25) is 4.79 Å². The van der Waals surface area contributed by atoms with Gasteiger partial charge in [0.1, 0.15) is 5.56 Å². The van der Waals surface area contributed by atoms with Gasteiger partial charge in [0, 0.05) is 4.88 Å². The van der Waals surface area contributed by atoms with Gasteiger partial charge in [-0.15, -0.1) is 11.3 Å². The molecule has 0 bridgehead atoms. The number of rotatable bonds is 2. The number of hydrogen-bond donors (Lipinski definition) is 2. The Morgan fingerprint density at radius 1 is 1.33 bits per heavy atom. The number of H-pyrrole nitrogens is 1. The average Bonchev–Trinajstić information content (AvgIpc) is 2.69. The summed E-state index contributed by atoms with van der Waals surface area (Å²) in [5.41, 5.74) is 0.727. The zero-order valence-electron chi connectivity index (χ0n) is 11.7. The number of carboxylic acid groups (broad SMARTS) is 1. The van der Waals surface area contributed by atoms with Crippen LogP contribution in [0.1, 0.15) is 45.8 Å².